The van der Waals surface area contributed by atoms with Crippen LogP contribution < -0.4 is 5.32 Å². The largest absolute Gasteiger partial charge is 0.481 e. The van der Waals surface area contributed by atoms with Gasteiger partial charge >= 0.3 is 12.0 Å². The molecule has 2 rings (SSSR count). The number of nitrogens with one attached hydrogen (secondary N) is 1. The van der Waals surface area contributed by atoms with Crippen molar-refractivity contribution in [3.05, 3.63) is 28.5 Å². The van der Waals surface area contributed by atoms with Crippen LogP contribution in [0.15, 0.2) is 22.7 Å². The molecule has 1 aliphatic rings. The highest BCUT2D eigenvalue weighted by atomic mass is 79.9. The van der Waals surface area contributed by atoms with Crippen molar-refractivity contribution < 1.29 is 19.1 Å². The topological polar surface area (TPSA) is 69.6 Å². The first-order valence-electron chi connectivity index (χ1n) is 6.56. The number of hydrogen-bond acceptors (Lipinski definition) is 2. The number of urea groups is 1. The third-order valence-electron chi connectivity index (χ3n) is 3.84. The van der Waals surface area contributed by atoms with Gasteiger partial charge < -0.3 is 15.3 Å². The molecule has 0 aromatic heterocycles. The minimum absolute atomic E-state index is 0.0981. The molecule has 7 heteroatoms. The minimum Gasteiger partial charge on any atom is -0.481 e. The Morgan fingerprint density at radius 3 is 2.57 bits per heavy atom. The van der Waals surface area contributed by atoms with E-state index in [0.717, 1.165) is 0 Å². The highest BCUT2D eigenvalue weighted by Crippen LogP contribution is 2.31. The van der Waals surface area contributed by atoms with E-state index in [0.29, 0.717) is 30.4 Å². The number of likely N-dealkylation sites (tertiary alicyclic amines) is 1. The van der Waals surface area contributed by atoms with Gasteiger partial charge in [-0.1, -0.05) is 15.9 Å². The molecule has 0 aliphatic carbocycles. The van der Waals surface area contributed by atoms with Gasteiger partial charge in [-0.15, -0.1) is 0 Å². The number of amides is 2. The van der Waals surface area contributed by atoms with Crippen molar-refractivity contribution in [3.63, 3.8) is 0 Å². The number of halogens is 2. The lowest BCUT2D eigenvalue weighted by atomic mass is 9.80. The number of rotatable bonds is 2. The molecule has 114 valence electrons. The van der Waals surface area contributed by atoms with Gasteiger partial charge in [0.05, 0.1) is 11.1 Å². The van der Waals surface area contributed by atoms with Crippen LogP contribution >= 0.6 is 15.9 Å². The van der Waals surface area contributed by atoms with Gasteiger partial charge in [-0.05, 0) is 38.0 Å². The Hall–Kier alpha value is -1.63. The number of piperidine rings is 1. The summed E-state index contributed by atoms with van der Waals surface area (Å²) < 4.78 is 14.3. The number of anilines is 1. The van der Waals surface area contributed by atoms with E-state index in [-0.39, 0.29) is 5.69 Å². The van der Waals surface area contributed by atoms with E-state index in [1.54, 1.807) is 13.0 Å². The van der Waals surface area contributed by atoms with Crippen molar-refractivity contribution >= 4 is 33.6 Å². The molecule has 1 aromatic rings. The third-order valence-corrected chi connectivity index (χ3v) is 4.33. The Kier molecular flexibility index (Phi) is 4.51. The molecular weight excluding hydrogens is 343 g/mol. The summed E-state index contributed by atoms with van der Waals surface area (Å²) in [6, 6.07) is 3.87. The summed E-state index contributed by atoms with van der Waals surface area (Å²) in [5.74, 6) is -1.36. The van der Waals surface area contributed by atoms with E-state index in [2.05, 4.69) is 21.2 Å². The number of carboxylic acids is 1. The fraction of sp³-hybridized carbons (Fsp3) is 0.429. The molecule has 1 heterocycles. The average Bonchev–Trinajstić information content (AvgIpc) is 2.43. The minimum atomic E-state index is -0.847. The van der Waals surface area contributed by atoms with Crippen LogP contribution in [0.4, 0.5) is 14.9 Å². The van der Waals surface area contributed by atoms with Crippen molar-refractivity contribution in [1.82, 2.24) is 4.90 Å². The monoisotopic (exact) mass is 358 g/mol. The zero-order chi connectivity index (χ0) is 15.6. The lowest BCUT2D eigenvalue weighted by Crippen LogP contribution is -2.46. The summed E-state index contributed by atoms with van der Waals surface area (Å²) in [5, 5.41) is 11.7. The van der Waals surface area contributed by atoms with Gasteiger partial charge in [0.2, 0.25) is 0 Å². The number of hydrogen-bond donors (Lipinski definition) is 2. The molecule has 21 heavy (non-hydrogen) atoms. The predicted octanol–water partition coefficient (Wildman–Crippen LogP) is 3.31. The van der Waals surface area contributed by atoms with Gasteiger partial charge in [-0.2, -0.15) is 0 Å². The number of aliphatic carboxylic acids is 1. The summed E-state index contributed by atoms with van der Waals surface area (Å²) in [4.78, 5) is 24.8. The highest BCUT2D eigenvalue weighted by Gasteiger charge is 2.38. The van der Waals surface area contributed by atoms with Crippen LogP contribution in [0, 0.1) is 11.2 Å². The molecule has 1 fully saturated rings. The zero-order valence-corrected chi connectivity index (χ0v) is 13.1. The van der Waals surface area contributed by atoms with E-state index in [9.17, 15) is 14.0 Å². The molecule has 1 aliphatic heterocycles. The Morgan fingerprint density at radius 2 is 2.00 bits per heavy atom. The van der Waals surface area contributed by atoms with Crippen molar-refractivity contribution in [2.75, 3.05) is 18.4 Å². The Bertz CT molecular complexity index is 571. The molecule has 0 unspecified atom stereocenters. The van der Waals surface area contributed by atoms with Crippen molar-refractivity contribution in [1.29, 1.82) is 0 Å². The number of carbonyl (C=O) groups excluding carboxylic acids is 1. The lowest BCUT2D eigenvalue weighted by molar-refractivity contribution is -0.150. The van der Waals surface area contributed by atoms with Crippen LogP contribution in [0.1, 0.15) is 19.8 Å². The molecule has 0 spiro atoms. The maximum Gasteiger partial charge on any atom is 0.321 e. The van der Waals surface area contributed by atoms with Gasteiger partial charge in [0.15, 0.2) is 0 Å². The molecule has 0 radical (unpaired) electrons. The van der Waals surface area contributed by atoms with E-state index >= 15 is 0 Å². The Labute approximate surface area is 130 Å². The van der Waals surface area contributed by atoms with Gasteiger partial charge in [-0.3, -0.25) is 4.79 Å². The normalized spacial score (nSPS) is 17.4. The molecule has 1 aromatic carbocycles. The zero-order valence-electron chi connectivity index (χ0n) is 11.5. The number of nitrogens with zero attached hydrogens (tertiary/aromatic N) is 1. The quantitative estimate of drug-likeness (QED) is 0.851. The fourth-order valence-corrected chi connectivity index (χ4v) is 2.57. The van der Waals surface area contributed by atoms with Gasteiger partial charge in [0.1, 0.15) is 5.82 Å². The van der Waals surface area contributed by atoms with Crippen LogP contribution in [0.25, 0.3) is 0 Å². The Morgan fingerprint density at radius 1 is 1.38 bits per heavy atom. The predicted molar refractivity (Wildman–Crippen MR) is 79.7 cm³/mol. The third kappa shape index (κ3) is 3.53. The number of carbonyl (C=O) groups is 2. The smallest absolute Gasteiger partial charge is 0.321 e. The van der Waals surface area contributed by atoms with Crippen LogP contribution in [0.2, 0.25) is 0 Å². The second-order valence-electron chi connectivity index (χ2n) is 5.41. The molecule has 0 bridgehead atoms. The summed E-state index contributed by atoms with van der Waals surface area (Å²) >= 11 is 3.22. The first-order valence-corrected chi connectivity index (χ1v) is 7.35. The van der Waals surface area contributed by atoms with E-state index in [1.165, 1.54) is 17.0 Å². The van der Waals surface area contributed by atoms with Crippen LogP contribution in [-0.4, -0.2) is 35.1 Å². The second-order valence-corrected chi connectivity index (χ2v) is 6.32. The van der Waals surface area contributed by atoms with Crippen LogP contribution in [0.5, 0.6) is 0 Å². The van der Waals surface area contributed by atoms with Gasteiger partial charge in [0, 0.05) is 17.6 Å². The maximum atomic E-state index is 13.6. The standard InChI is InChI=1S/C14H16BrFN2O3/c1-14(12(19)20)4-6-18(7-5-14)13(21)17-11-8-9(15)2-3-10(11)16/h2-3,8H,4-7H2,1H3,(H,17,21)(H,19,20). The Balaban J connectivity index is 2.00. The number of benzene rings is 1. The molecule has 0 atom stereocenters. The van der Waals surface area contributed by atoms with Crippen molar-refractivity contribution in [3.8, 4) is 0 Å². The first kappa shape index (κ1) is 15.8. The summed E-state index contributed by atoms with van der Waals surface area (Å²) in [6.45, 7) is 2.35. The molecule has 1 saturated heterocycles. The lowest BCUT2D eigenvalue weighted by Gasteiger charge is -2.36. The fourth-order valence-electron chi connectivity index (χ4n) is 2.20. The summed E-state index contributed by atoms with van der Waals surface area (Å²) in [5.41, 5.74) is -0.696. The SMILES string of the molecule is CC1(C(=O)O)CCN(C(=O)Nc2cc(Br)ccc2F)CC1. The molecule has 2 N–H and O–H groups in total. The molecule has 2 amide bonds. The van der Waals surface area contributed by atoms with Crippen molar-refractivity contribution in [2.24, 2.45) is 5.41 Å². The first-order chi connectivity index (χ1) is 9.82. The van der Waals surface area contributed by atoms with Crippen LogP contribution in [0.3, 0.4) is 0 Å². The van der Waals surface area contributed by atoms with E-state index in [4.69, 9.17) is 5.11 Å². The summed E-state index contributed by atoms with van der Waals surface area (Å²) in [7, 11) is 0. The van der Waals surface area contributed by atoms with Gasteiger partial charge in [0.25, 0.3) is 0 Å². The second kappa shape index (κ2) is 6.01. The molecule has 0 saturated carbocycles. The van der Waals surface area contributed by atoms with E-state index < -0.39 is 23.2 Å². The average molecular weight is 359 g/mol. The summed E-state index contributed by atoms with van der Waals surface area (Å²) in [6.07, 6.45) is 0.771. The van der Waals surface area contributed by atoms with E-state index in [1.807, 2.05) is 0 Å². The van der Waals surface area contributed by atoms with Gasteiger partial charge in [-0.25, -0.2) is 9.18 Å². The number of carboxylic acid groups (broad SMARTS) is 1. The van der Waals surface area contributed by atoms with Crippen LogP contribution in [-0.2, 0) is 4.79 Å². The van der Waals surface area contributed by atoms with Crippen molar-refractivity contribution in [2.45, 2.75) is 19.8 Å². The maximum absolute atomic E-state index is 13.6. The highest BCUT2D eigenvalue weighted by molar-refractivity contribution is 9.10. The molecular formula is C14H16BrFN2O3. The molecule has 5 nitrogen and oxygen atoms in total.